The number of carbonyl (C=O) groups excluding carboxylic acids is 1. The fourth-order valence-corrected chi connectivity index (χ4v) is 2.67. The van der Waals surface area contributed by atoms with Crippen molar-refractivity contribution in [1.29, 1.82) is 0 Å². The summed E-state index contributed by atoms with van der Waals surface area (Å²) < 4.78 is 11.6. The highest BCUT2D eigenvalue weighted by Crippen LogP contribution is 2.24. The minimum atomic E-state index is -0.198. The molecular formula is C16H18N4O4. The molecule has 8 heteroatoms. The summed E-state index contributed by atoms with van der Waals surface area (Å²) in [6.45, 7) is 1.05. The number of nitrogens with zero attached hydrogens (tertiary/aromatic N) is 4. The van der Waals surface area contributed by atoms with Crippen LogP contribution < -0.4 is 14.2 Å². The van der Waals surface area contributed by atoms with Gasteiger partial charge in [-0.25, -0.2) is 9.97 Å². The minimum absolute atomic E-state index is 0.181. The lowest BCUT2D eigenvalue weighted by Crippen LogP contribution is -2.45. The van der Waals surface area contributed by atoms with Crippen molar-refractivity contribution in [3.05, 3.63) is 47.7 Å². The van der Waals surface area contributed by atoms with Crippen LogP contribution in [0.2, 0.25) is 0 Å². The van der Waals surface area contributed by atoms with E-state index in [2.05, 4.69) is 9.97 Å². The molecular weight excluding hydrogens is 312 g/mol. The van der Waals surface area contributed by atoms with Crippen LogP contribution in [0.1, 0.15) is 23.2 Å². The highest BCUT2D eigenvalue weighted by Gasteiger charge is 2.27. The van der Waals surface area contributed by atoms with E-state index in [0.717, 1.165) is 12.8 Å². The molecule has 1 fully saturated rings. The Balaban J connectivity index is 1.69. The lowest BCUT2D eigenvalue weighted by atomic mass is 10.1. The third-order valence-electron chi connectivity index (χ3n) is 3.79. The molecule has 0 N–H and O–H groups in total. The van der Waals surface area contributed by atoms with Gasteiger partial charge in [0.1, 0.15) is 11.7 Å². The number of ether oxygens (including phenoxy) is 2. The lowest BCUT2D eigenvalue weighted by Gasteiger charge is -2.32. The van der Waals surface area contributed by atoms with Gasteiger partial charge >= 0.3 is 0 Å². The first-order valence-corrected chi connectivity index (χ1v) is 7.67. The zero-order chi connectivity index (χ0) is 16.9. The van der Waals surface area contributed by atoms with Crippen LogP contribution in [0, 0.1) is 5.21 Å². The summed E-state index contributed by atoms with van der Waals surface area (Å²) in [5, 5.41) is 11.3. The Labute approximate surface area is 139 Å². The minimum Gasteiger partial charge on any atom is -0.619 e. The Kier molecular flexibility index (Phi) is 4.74. The van der Waals surface area contributed by atoms with Gasteiger partial charge in [0.15, 0.2) is 12.4 Å². The van der Waals surface area contributed by atoms with Crippen molar-refractivity contribution >= 4 is 5.91 Å². The Morgan fingerprint density at radius 1 is 1.38 bits per heavy atom. The smallest absolute Gasteiger partial charge is 0.278 e. The third kappa shape index (κ3) is 3.53. The van der Waals surface area contributed by atoms with Gasteiger partial charge in [-0.05, 0) is 18.9 Å². The fourth-order valence-electron chi connectivity index (χ4n) is 2.67. The number of likely N-dealkylation sites (tertiary alicyclic amines) is 1. The molecule has 1 atom stereocenters. The lowest BCUT2D eigenvalue weighted by molar-refractivity contribution is -0.605. The van der Waals surface area contributed by atoms with Crippen molar-refractivity contribution in [2.24, 2.45) is 0 Å². The summed E-state index contributed by atoms with van der Waals surface area (Å²) in [4.78, 5) is 22.4. The van der Waals surface area contributed by atoms with Gasteiger partial charge in [0, 0.05) is 25.0 Å². The van der Waals surface area contributed by atoms with E-state index in [1.165, 1.54) is 31.9 Å². The van der Waals surface area contributed by atoms with Gasteiger partial charge in [0.05, 0.1) is 13.7 Å². The molecule has 1 aliphatic rings. The number of hydrogen-bond donors (Lipinski definition) is 0. The van der Waals surface area contributed by atoms with Crippen molar-refractivity contribution in [2.75, 3.05) is 20.2 Å². The molecule has 2 aromatic rings. The van der Waals surface area contributed by atoms with Crippen LogP contribution in [0.15, 0.2) is 36.9 Å². The molecule has 126 valence electrons. The van der Waals surface area contributed by atoms with Gasteiger partial charge in [-0.1, -0.05) is 0 Å². The van der Waals surface area contributed by atoms with Gasteiger partial charge < -0.3 is 19.6 Å². The maximum Gasteiger partial charge on any atom is 0.278 e. The number of piperidine rings is 1. The fraction of sp³-hybridized carbons (Fsp3) is 0.375. The van der Waals surface area contributed by atoms with Gasteiger partial charge in [-0.2, -0.15) is 4.73 Å². The van der Waals surface area contributed by atoms with Crippen LogP contribution in [0.5, 0.6) is 11.8 Å². The van der Waals surface area contributed by atoms with Gasteiger partial charge in [-0.15, -0.1) is 0 Å². The molecule has 0 aliphatic carbocycles. The average Bonchev–Trinajstić information content (AvgIpc) is 2.62. The number of methoxy groups -OCH3 is 1. The highest BCUT2D eigenvalue weighted by atomic mass is 16.5. The number of rotatable bonds is 4. The summed E-state index contributed by atoms with van der Waals surface area (Å²) in [6.07, 6.45) is 7.09. The van der Waals surface area contributed by atoms with Crippen molar-refractivity contribution in [1.82, 2.24) is 14.9 Å². The van der Waals surface area contributed by atoms with Crippen LogP contribution in [0.25, 0.3) is 0 Å². The zero-order valence-electron chi connectivity index (χ0n) is 13.3. The van der Waals surface area contributed by atoms with E-state index in [-0.39, 0.29) is 12.0 Å². The molecule has 8 nitrogen and oxygen atoms in total. The van der Waals surface area contributed by atoms with Crippen LogP contribution in [-0.2, 0) is 0 Å². The molecule has 1 unspecified atom stereocenters. The van der Waals surface area contributed by atoms with Crippen LogP contribution >= 0.6 is 0 Å². The molecule has 0 bridgehead atoms. The van der Waals surface area contributed by atoms with Crippen LogP contribution in [0.4, 0.5) is 0 Å². The molecule has 0 spiro atoms. The van der Waals surface area contributed by atoms with E-state index in [1.54, 1.807) is 17.0 Å². The largest absolute Gasteiger partial charge is 0.619 e. The van der Waals surface area contributed by atoms with Crippen molar-refractivity contribution in [2.45, 2.75) is 18.9 Å². The summed E-state index contributed by atoms with van der Waals surface area (Å²) in [6, 6.07) is 3.19. The van der Waals surface area contributed by atoms with E-state index in [4.69, 9.17) is 9.47 Å². The molecule has 1 aliphatic heterocycles. The first-order valence-electron chi connectivity index (χ1n) is 7.67. The standard InChI is InChI=1S/C16H18N4O4/c1-23-14-15(18-7-6-17-14)24-13-5-3-8-19(11-13)16(21)12-4-2-9-20(22)10-12/h2,4,6-7,9-10,13H,3,5,8,11H2,1H3. The van der Waals surface area contributed by atoms with Gasteiger partial charge in [0.25, 0.3) is 17.7 Å². The molecule has 3 heterocycles. The van der Waals surface area contributed by atoms with E-state index in [1.807, 2.05) is 0 Å². The predicted octanol–water partition coefficient (Wildman–Crippen LogP) is 0.802. The second kappa shape index (κ2) is 7.12. The molecule has 1 amide bonds. The summed E-state index contributed by atoms with van der Waals surface area (Å²) in [5.74, 6) is 0.451. The highest BCUT2D eigenvalue weighted by molar-refractivity contribution is 5.93. The Morgan fingerprint density at radius 3 is 2.92 bits per heavy atom. The van der Waals surface area contributed by atoms with E-state index in [9.17, 15) is 10.0 Å². The van der Waals surface area contributed by atoms with Crippen molar-refractivity contribution in [3.63, 3.8) is 0 Å². The second-order valence-electron chi connectivity index (χ2n) is 5.46. The topological polar surface area (TPSA) is 91.5 Å². The van der Waals surface area contributed by atoms with E-state index < -0.39 is 0 Å². The molecule has 0 saturated carbocycles. The Bertz CT molecular complexity index is 725. The number of hydrogen-bond acceptors (Lipinski definition) is 6. The molecule has 1 saturated heterocycles. The molecule has 0 radical (unpaired) electrons. The predicted molar refractivity (Wildman–Crippen MR) is 83.5 cm³/mol. The monoisotopic (exact) mass is 330 g/mol. The molecule has 2 aromatic heterocycles. The maximum absolute atomic E-state index is 12.5. The second-order valence-corrected chi connectivity index (χ2v) is 5.46. The van der Waals surface area contributed by atoms with E-state index in [0.29, 0.717) is 35.1 Å². The first kappa shape index (κ1) is 16.0. The van der Waals surface area contributed by atoms with E-state index >= 15 is 0 Å². The SMILES string of the molecule is COc1nccnc1OC1CCCN(C(=O)c2ccc[n+]([O-])c2)C1. The van der Waals surface area contributed by atoms with Gasteiger partial charge in [-0.3, -0.25) is 4.79 Å². The third-order valence-corrected chi connectivity index (χ3v) is 3.79. The average molecular weight is 330 g/mol. The molecule has 3 rings (SSSR count). The summed E-state index contributed by atoms with van der Waals surface area (Å²) in [7, 11) is 1.50. The van der Waals surface area contributed by atoms with Crippen LogP contribution in [0.3, 0.4) is 0 Å². The summed E-state index contributed by atoms with van der Waals surface area (Å²) in [5.41, 5.74) is 0.366. The number of amides is 1. The normalized spacial score (nSPS) is 17.4. The number of carbonyl (C=O) groups is 1. The van der Waals surface area contributed by atoms with Crippen molar-refractivity contribution < 1.29 is 19.0 Å². The van der Waals surface area contributed by atoms with Gasteiger partial charge in [0.2, 0.25) is 0 Å². The maximum atomic E-state index is 12.5. The molecule has 0 aromatic carbocycles. The zero-order valence-corrected chi connectivity index (χ0v) is 13.3. The van der Waals surface area contributed by atoms with Crippen molar-refractivity contribution in [3.8, 4) is 11.8 Å². The Hall–Kier alpha value is -2.90. The number of aromatic nitrogens is 3. The van der Waals surface area contributed by atoms with Crippen LogP contribution in [-0.4, -0.2) is 47.1 Å². The molecule has 24 heavy (non-hydrogen) atoms. The number of pyridine rings is 1. The Morgan fingerprint density at radius 2 is 2.17 bits per heavy atom. The summed E-state index contributed by atoms with van der Waals surface area (Å²) >= 11 is 0. The quantitative estimate of drug-likeness (QED) is 0.608. The first-order chi connectivity index (χ1) is 11.7.